The third kappa shape index (κ3) is 4.08. The highest BCUT2D eigenvalue weighted by Crippen LogP contribution is 2.29. The van der Waals surface area contributed by atoms with Crippen LogP contribution in [0.1, 0.15) is 6.42 Å². The van der Waals surface area contributed by atoms with Crippen LogP contribution in [0, 0.1) is 0 Å². The van der Waals surface area contributed by atoms with E-state index >= 15 is 0 Å². The predicted octanol–water partition coefficient (Wildman–Crippen LogP) is 2.35. The fourth-order valence-electron chi connectivity index (χ4n) is 1.80. The number of tetrazole rings is 1. The second-order valence-corrected chi connectivity index (χ2v) is 6.03. The first-order chi connectivity index (χ1) is 10.0. The molecule has 1 atom stereocenters. The van der Waals surface area contributed by atoms with Gasteiger partial charge in [0.2, 0.25) is 0 Å². The molecule has 2 aromatic rings. The Labute approximate surface area is 137 Å². The van der Waals surface area contributed by atoms with Crippen LogP contribution in [0.2, 0.25) is 0 Å². The number of halogens is 2. The van der Waals surface area contributed by atoms with Crippen LogP contribution in [0.15, 0.2) is 27.1 Å². The van der Waals surface area contributed by atoms with E-state index in [-0.39, 0.29) is 13.0 Å². The van der Waals surface area contributed by atoms with Crippen molar-refractivity contribution in [3.63, 3.8) is 0 Å². The first kappa shape index (κ1) is 16.1. The molecule has 7 nitrogen and oxygen atoms in total. The second kappa shape index (κ2) is 7.10. The van der Waals surface area contributed by atoms with Crippen molar-refractivity contribution >= 4 is 37.8 Å². The maximum atomic E-state index is 10.8. The van der Waals surface area contributed by atoms with Crippen LogP contribution in [-0.2, 0) is 16.1 Å². The molecule has 0 saturated heterocycles. The van der Waals surface area contributed by atoms with E-state index in [1.54, 1.807) is 0 Å². The van der Waals surface area contributed by atoms with Crippen molar-refractivity contribution in [1.29, 1.82) is 0 Å². The van der Waals surface area contributed by atoms with Crippen LogP contribution in [0.4, 0.5) is 0 Å². The number of rotatable bonds is 6. The Bertz CT molecular complexity index is 647. The molecule has 0 amide bonds. The van der Waals surface area contributed by atoms with E-state index < -0.39 is 12.1 Å². The summed E-state index contributed by atoms with van der Waals surface area (Å²) in [6.45, 7) is 0.258. The van der Waals surface area contributed by atoms with E-state index in [4.69, 9.17) is 9.84 Å². The maximum Gasteiger partial charge on any atom is 0.306 e. The summed E-state index contributed by atoms with van der Waals surface area (Å²) in [4.78, 5) is 10.8. The van der Waals surface area contributed by atoms with Gasteiger partial charge in [-0.15, -0.1) is 5.10 Å². The number of aliphatic carboxylic acids is 1. The van der Waals surface area contributed by atoms with Crippen LogP contribution in [0.25, 0.3) is 11.4 Å². The number of methoxy groups -OCH3 is 1. The topological polar surface area (TPSA) is 90.1 Å². The van der Waals surface area contributed by atoms with Crippen molar-refractivity contribution in [3.05, 3.63) is 27.1 Å². The molecule has 0 aliphatic heterocycles. The van der Waals surface area contributed by atoms with Gasteiger partial charge in [0.25, 0.3) is 0 Å². The van der Waals surface area contributed by atoms with Crippen molar-refractivity contribution < 1.29 is 14.6 Å². The van der Waals surface area contributed by atoms with Crippen molar-refractivity contribution in [2.24, 2.45) is 0 Å². The van der Waals surface area contributed by atoms with E-state index in [0.717, 1.165) is 14.5 Å². The lowest BCUT2D eigenvalue weighted by atomic mass is 10.2. The van der Waals surface area contributed by atoms with Crippen LogP contribution in [-0.4, -0.2) is 44.5 Å². The Morgan fingerprint density at radius 1 is 1.48 bits per heavy atom. The smallest absolute Gasteiger partial charge is 0.306 e. The number of ether oxygens (including phenoxy) is 1. The van der Waals surface area contributed by atoms with E-state index in [9.17, 15) is 4.79 Å². The largest absolute Gasteiger partial charge is 0.481 e. The van der Waals surface area contributed by atoms with Gasteiger partial charge in [0.1, 0.15) is 0 Å². The highest BCUT2D eigenvalue weighted by atomic mass is 79.9. The number of carboxylic acids is 1. The van der Waals surface area contributed by atoms with E-state index in [0.29, 0.717) is 5.82 Å². The molecular formula is C12H12Br2N4O3. The number of nitrogens with zero attached hydrogens (tertiary/aromatic N) is 4. The van der Waals surface area contributed by atoms with Gasteiger partial charge in [-0.05, 0) is 44.6 Å². The molecule has 1 heterocycles. The number of aromatic nitrogens is 4. The van der Waals surface area contributed by atoms with Gasteiger partial charge >= 0.3 is 5.97 Å². The van der Waals surface area contributed by atoms with Crippen LogP contribution >= 0.6 is 31.9 Å². The van der Waals surface area contributed by atoms with E-state index in [1.165, 1.54) is 11.8 Å². The van der Waals surface area contributed by atoms with Gasteiger partial charge in [-0.25, -0.2) is 4.68 Å². The highest BCUT2D eigenvalue weighted by molar-refractivity contribution is 9.11. The lowest BCUT2D eigenvalue weighted by molar-refractivity contribution is -0.139. The normalized spacial score (nSPS) is 12.3. The zero-order chi connectivity index (χ0) is 15.4. The lowest BCUT2D eigenvalue weighted by Crippen LogP contribution is -2.23. The first-order valence-corrected chi connectivity index (χ1v) is 7.56. The second-order valence-electron chi connectivity index (χ2n) is 4.26. The van der Waals surface area contributed by atoms with Crippen molar-refractivity contribution in [3.8, 4) is 11.4 Å². The number of benzene rings is 1. The number of hydrogen-bond donors (Lipinski definition) is 1. The summed E-state index contributed by atoms with van der Waals surface area (Å²) in [5.41, 5.74) is 0.813. The molecule has 1 unspecified atom stereocenters. The minimum atomic E-state index is -0.929. The molecule has 0 spiro atoms. The van der Waals surface area contributed by atoms with Crippen molar-refractivity contribution in [1.82, 2.24) is 20.2 Å². The van der Waals surface area contributed by atoms with E-state index in [1.807, 2.05) is 18.2 Å². The van der Waals surface area contributed by atoms with Crippen LogP contribution in [0.5, 0.6) is 0 Å². The highest BCUT2D eigenvalue weighted by Gasteiger charge is 2.18. The molecule has 0 bridgehead atoms. The molecule has 0 radical (unpaired) electrons. The third-order valence-electron chi connectivity index (χ3n) is 2.82. The molecule has 0 aliphatic carbocycles. The fraction of sp³-hybridized carbons (Fsp3) is 0.333. The molecule has 0 saturated carbocycles. The summed E-state index contributed by atoms with van der Waals surface area (Å²) >= 11 is 6.85. The van der Waals surface area contributed by atoms with Gasteiger partial charge in [0.05, 0.1) is 19.1 Å². The molecule has 1 aromatic heterocycles. The van der Waals surface area contributed by atoms with Gasteiger partial charge in [0, 0.05) is 21.6 Å². The summed E-state index contributed by atoms with van der Waals surface area (Å²) in [6, 6.07) is 5.64. The molecule has 0 aliphatic rings. The zero-order valence-electron chi connectivity index (χ0n) is 11.0. The van der Waals surface area contributed by atoms with Gasteiger partial charge in [-0.2, -0.15) is 0 Å². The van der Waals surface area contributed by atoms with Gasteiger partial charge in [-0.1, -0.05) is 15.9 Å². The monoisotopic (exact) mass is 418 g/mol. The Morgan fingerprint density at radius 2 is 2.24 bits per heavy atom. The zero-order valence-corrected chi connectivity index (χ0v) is 14.2. The van der Waals surface area contributed by atoms with Gasteiger partial charge in [-0.3, -0.25) is 4.79 Å². The summed E-state index contributed by atoms with van der Waals surface area (Å²) in [5, 5.41) is 20.4. The SMILES string of the molecule is COC(CC(=O)O)Cn1nnnc1-c1ccc(Br)cc1Br. The first-order valence-electron chi connectivity index (χ1n) is 5.97. The average Bonchev–Trinajstić information content (AvgIpc) is 2.85. The number of carbonyl (C=O) groups is 1. The standard InChI is InChI=1S/C12H12Br2N4O3/c1-21-8(5-11(19)20)6-18-12(15-16-17-18)9-3-2-7(13)4-10(9)14/h2-4,8H,5-6H2,1H3,(H,19,20). The summed E-state index contributed by atoms with van der Waals surface area (Å²) in [7, 11) is 1.47. The summed E-state index contributed by atoms with van der Waals surface area (Å²) in [5.74, 6) is -0.386. The number of carboxylic acid groups (broad SMARTS) is 1. The Kier molecular flexibility index (Phi) is 5.43. The molecule has 9 heteroatoms. The van der Waals surface area contributed by atoms with Crippen molar-refractivity contribution in [2.75, 3.05) is 7.11 Å². The van der Waals surface area contributed by atoms with Gasteiger partial charge < -0.3 is 9.84 Å². The molecular weight excluding hydrogens is 408 g/mol. The molecule has 2 rings (SSSR count). The fourth-order valence-corrected chi connectivity index (χ4v) is 3.03. The molecule has 21 heavy (non-hydrogen) atoms. The summed E-state index contributed by atoms with van der Waals surface area (Å²) in [6.07, 6.45) is -0.615. The van der Waals surface area contributed by atoms with Crippen molar-refractivity contribution in [2.45, 2.75) is 19.1 Å². The maximum absolute atomic E-state index is 10.8. The van der Waals surface area contributed by atoms with Gasteiger partial charge in [0.15, 0.2) is 5.82 Å². The average molecular weight is 420 g/mol. The minimum absolute atomic E-state index is 0.114. The minimum Gasteiger partial charge on any atom is -0.481 e. The predicted molar refractivity (Wildman–Crippen MR) is 81.7 cm³/mol. The Balaban J connectivity index is 2.27. The lowest BCUT2D eigenvalue weighted by Gasteiger charge is -2.14. The van der Waals surface area contributed by atoms with Crippen LogP contribution in [0.3, 0.4) is 0 Å². The molecule has 1 aromatic carbocycles. The summed E-state index contributed by atoms with van der Waals surface area (Å²) < 4.78 is 8.45. The third-order valence-corrected chi connectivity index (χ3v) is 3.97. The number of hydrogen-bond acceptors (Lipinski definition) is 5. The Morgan fingerprint density at radius 3 is 2.86 bits per heavy atom. The molecule has 112 valence electrons. The molecule has 0 fully saturated rings. The Hall–Kier alpha value is -1.32. The molecule has 1 N–H and O–H groups in total. The quantitative estimate of drug-likeness (QED) is 0.772. The van der Waals surface area contributed by atoms with Crippen LogP contribution < -0.4 is 0 Å². The van der Waals surface area contributed by atoms with E-state index in [2.05, 4.69) is 47.4 Å².